The van der Waals surface area contributed by atoms with Crippen LogP contribution in [-0.4, -0.2) is 76.0 Å². The molecule has 7 rings (SSSR count). The van der Waals surface area contributed by atoms with Crippen LogP contribution < -0.4 is 5.73 Å². The number of nitrogens with two attached hydrogens (primary N) is 1. The molecule has 266 valence electrons. The van der Waals surface area contributed by atoms with Crippen molar-refractivity contribution in [1.82, 2.24) is 19.6 Å². The van der Waals surface area contributed by atoms with Gasteiger partial charge in [0.15, 0.2) is 0 Å². The number of amides is 3. The van der Waals surface area contributed by atoms with Crippen LogP contribution in [0.5, 0.6) is 0 Å². The molecule has 3 heterocycles. The van der Waals surface area contributed by atoms with Gasteiger partial charge in [-0.25, -0.2) is 13.2 Å². The highest BCUT2D eigenvalue weighted by Gasteiger charge is 2.60. The summed E-state index contributed by atoms with van der Waals surface area (Å²) >= 11 is 0. The minimum atomic E-state index is -2.68. The van der Waals surface area contributed by atoms with Crippen LogP contribution in [0.4, 0.5) is 13.2 Å². The molecule has 4 aliphatic rings. The molecular weight excluding hydrogens is 647 g/mol. The first-order valence-electron chi connectivity index (χ1n) is 17.5. The van der Waals surface area contributed by atoms with Gasteiger partial charge in [0.05, 0.1) is 31.5 Å². The quantitative estimate of drug-likeness (QED) is 0.297. The molecule has 2 saturated heterocycles. The topological polar surface area (TPSA) is 111 Å². The lowest BCUT2D eigenvalue weighted by Crippen LogP contribution is -2.63. The highest BCUT2D eigenvalue weighted by Crippen LogP contribution is 2.54. The first-order chi connectivity index (χ1) is 23.7. The molecule has 12 heteroatoms. The van der Waals surface area contributed by atoms with Crippen LogP contribution in [-0.2, 0) is 22.7 Å². The fourth-order valence-electron chi connectivity index (χ4n) is 8.32. The molecule has 1 spiro atoms. The van der Waals surface area contributed by atoms with E-state index in [2.05, 4.69) is 18.9 Å². The number of likely N-dealkylation sites (tertiary alicyclic amines) is 2. The van der Waals surface area contributed by atoms with E-state index in [1.165, 1.54) is 12.1 Å². The Morgan fingerprint density at radius 1 is 1.00 bits per heavy atom. The summed E-state index contributed by atoms with van der Waals surface area (Å²) in [4.78, 5) is 43.4. The first kappa shape index (κ1) is 34.3. The molecular formula is C38H44F3N5O4. The van der Waals surface area contributed by atoms with E-state index in [-0.39, 0.29) is 78.5 Å². The maximum atomic E-state index is 13.9. The molecule has 1 aromatic heterocycles. The van der Waals surface area contributed by atoms with Gasteiger partial charge in [0, 0.05) is 68.0 Å². The molecule has 2 atom stereocenters. The molecule has 2 aliphatic heterocycles. The number of benzene rings is 2. The number of ether oxygens (including phenoxy) is 1. The summed E-state index contributed by atoms with van der Waals surface area (Å²) in [5.74, 6) is -3.83. The van der Waals surface area contributed by atoms with E-state index in [9.17, 15) is 27.6 Å². The van der Waals surface area contributed by atoms with E-state index in [4.69, 9.17) is 10.5 Å². The smallest absolute Gasteiger partial charge is 0.257 e. The average Bonchev–Trinajstić information content (AvgIpc) is 3.35. The molecule has 3 amide bonds. The number of primary amides is 1. The zero-order chi connectivity index (χ0) is 35.4. The van der Waals surface area contributed by atoms with Crippen LogP contribution in [0, 0.1) is 28.5 Å². The van der Waals surface area contributed by atoms with E-state index in [0.717, 1.165) is 12.0 Å². The third kappa shape index (κ3) is 6.78. The van der Waals surface area contributed by atoms with Crippen molar-refractivity contribution in [1.29, 1.82) is 0 Å². The van der Waals surface area contributed by atoms with E-state index < -0.39 is 11.8 Å². The molecule has 4 fully saturated rings. The van der Waals surface area contributed by atoms with E-state index in [0.29, 0.717) is 61.6 Å². The molecule has 9 nitrogen and oxygen atoms in total. The van der Waals surface area contributed by atoms with Gasteiger partial charge in [-0.05, 0) is 59.4 Å². The number of hydrogen-bond acceptors (Lipinski definition) is 5. The van der Waals surface area contributed by atoms with Gasteiger partial charge >= 0.3 is 0 Å². The Morgan fingerprint density at radius 2 is 1.68 bits per heavy atom. The van der Waals surface area contributed by atoms with E-state index >= 15 is 0 Å². The molecule has 50 heavy (non-hydrogen) atoms. The molecule has 0 radical (unpaired) electrons. The van der Waals surface area contributed by atoms with Crippen molar-refractivity contribution in [3.63, 3.8) is 0 Å². The number of carbonyl (C=O) groups excluding carboxylic acids is 3. The monoisotopic (exact) mass is 691 g/mol. The van der Waals surface area contributed by atoms with Crippen molar-refractivity contribution in [3.05, 3.63) is 88.5 Å². The van der Waals surface area contributed by atoms with E-state index in [1.807, 2.05) is 15.9 Å². The summed E-state index contributed by atoms with van der Waals surface area (Å²) in [5.41, 5.74) is 8.47. The lowest BCUT2D eigenvalue weighted by Gasteiger charge is -2.51. The van der Waals surface area contributed by atoms with Crippen LogP contribution in [0.2, 0.25) is 0 Å². The van der Waals surface area contributed by atoms with Crippen LogP contribution in [0.1, 0.15) is 89.3 Å². The zero-order valence-corrected chi connectivity index (χ0v) is 28.5. The molecule has 0 bridgehead atoms. The zero-order valence-electron chi connectivity index (χ0n) is 28.5. The van der Waals surface area contributed by atoms with Gasteiger partial charge in [0.2, 0.25) is 17.7 Å². The van der Waals surface area contributed by atoms with Gasteiger partial charge < -0.3 is 20.3 Å². The highest BCUT2D eigenvalue weighted by atomic mass is 19.3. The Labute approximate surface area is 289 Å². The number of carbonyl (C=O) groups is 3. The molecule has 0 unspecified atom stereocenters. The van der Waals surface area contributed by atoms with E-state index in [1.54, 1.807) is 41.3 Å². The fourth-order valence-corrected chi connectivity index (χ4v) is 8.32. The molecule has 3 aromatic rings. The Bertz CT molecular complexity index is 1770. The summed E-state index contributed by atoms with van der Waals surface area (Å²) in [7, 11) is 0. The van der Waals surface area contributed by atoms with Gasteiger partial charge in [-0.3, -0.25) is 19.1 Å². The van der Waals surface area contributed by atoms with Crippen LogP contribution in [0.25, 0.3) is 0 Å². The minimum absolute atomic E-state index is 0.0132. The van der Waals surface area contributed by atoms with Crippen molar-refractivity contribution in [2.24, 2.45) is 28.4 Å². The lowest BCUT2D eigenvalue weighted by atomic mass is 9.71. The second-order valence-corrected chi connectivity index (χ2v) is 15.6. The summed E-state index contributed by atoms with van der Waals surface area (Å²) in [6.45, 7) is 6.97. The van der Waals surface area contributed by atoms with Gasteiger partial charge in [0.1, 0.15) is 5.82 Å². The number of hydrogen-bond donors (Lipinski definition) is 1. The normalized spacial score (nSPS) is 23.5. The van der Waals surface area contributed by atoms with Gasteiger partial charge in [-0.1, -0.05) is 44.2 Å². The summed E-state index contributed by atoms with van der Waals surface area (Å²) in [6, 6.07) is 11.5. The number of rotatable bonds is 10. The van der Waals surface area contributed by atoms with Crippen molar-refractivity contribution < 1.29 is 32.3 Å². The van der Waals surface area contributed by atoms with Crippen molar-refractivity contribution in [3.8, 4) is 0 Å². The Balaban J connectivity index is 1.05. The third-order valence-corrected chi connectivity index (χ3v) is 11.5. The SMILES string of the molecule is CC1(C)C[C@@H]1C(=O)N1CC2(CN(C(=O)c3cnn(Cc4ccc(F)cc4)c3)C[C@H]2COCc2cccc(C3CCC(F)(F)CC3)c2C(N)=O)C1. The van der Waals surface area contributed by atoms with Crippen LogP contribution in [0.3, 0.4) is 0 Å². The third-order valence-electron chi connectivity index (χ3n) is 11.5. The van der Waals surface area contributed by atoms with Crippen LogP contribution >= 0.6 is 0 Å². The second-order valence-electron chi connectivity index (χ2n) is 15.6. The highest BCUT2D eigenvalue weighted by molar-refractivity contribution is 5.96. The molecule has 2 saturated carbocycles. The summed E-state index contributed by atoms with van der Waals surface area (Å²) < 4.78 is 49.1. The predicted octanol–water partition coefficient (Wildman–Crippen LogP) is 5.63. The Morgan fingerprint density at radius 3 is 2.34 bits per heavy atom. The summed E-state index contributed by atoms with van der Waals surface area (Å²) in [6.07, 6.45) is 4.23. The minimum Gasteiger partial charge on any atom is -0.376 e. The fraction of sp³-hybridized carbons (Fsp3) is 0.526. The number of alkyl halides is 2. The number of aromatic nitrogens is 2. The second kappa shape index (κ2) is 12.9. The van der Waals surface area contributed by atoms with Crippen molar-refractivity contribution in [2.45, 2.75) is 70.9 Å². The van der Waals surface area contributed by atoms with Gasteiger partial charge in [0.25, 0.3) is 5.91 Å². The molecule has 2 aliphatic carbocycles. The largest absolute Gasteiger partial charge is 0.376 e. The maximum absolute atomic E-state index is 13.9. The van der Waals surface area contributed by atoms with Crippen LogP contribution in [0.15, 0.2) is 54.9 Å². The predicted molar refractivity (Wildman–Crippen MR) is 179 cm³/mol. The van der Waals surface area contributed by atoms with Crippen molar-refractivity contribution in [2.75, 3.05) is 32.8 Å². The standard InChI is InChI=1S/C38H44F3N5O4/c1-36(2)14-31(36)35(49)45-22-37(23-45)21-44(34(48)27-15-43-46(17-27)16-24-6-8-29(39)9-7-24)18-28(37)20-50-19-26-4-3-5-30(32(26)33(42)47)25-10-12-38(40,41)13-11-25/h3-9,15,17,25,28,31H,10-14,16,18-23H2,1-2H3,(H2,42,47)/t28-,31+/m0/s1. The number of nitrogens with zero attached hydrogens (tertiary/aromatic N) is 4. The first-order valence-corrected chi connectivity index (χ1v) is 17.5. The van der Waals surface area contributed by atoms with Gasteiger partial charge in [-0.2, -0.15) is 5.10 Å². The summed E-state index contributed by atoms with van der Waals surface area (Å²) in [5, 5.41) is 4.37. The molecule has 2 N–H and O–H groups in total. The Hall–Kier alpha value is -4.19. The Kier molecular flexibility index (Phi) is 8.81. The number of halogens is 3. The maximum Gasteiger partial charge on any atom is 0.257 e. The lowest BCUT2D eigenvalue weighted by molar-refractivity contribution is -0.148. The average molecular weight is 692 g/mol. The van der Waals surface area contributed by atoms with Crippen molar-refractivity contribution >= 4 is 17.7 Å². The molecule has 2 aromatic carbocycles. The van der Waals surface area contributed by atoms with Gasteiger partial charge in [-0.15, -0.1) is 0 Å².